The molecule has 1 spiro atoms. The maximum atomic E-state index is 11.5. The predicted molar refractivity (Wildman–Crippen MR) is 61.2 cm³/mol. The number of likely N-dealkylation sites (tertiary alicyclic amines) is 1. The molecule has 3 nitrogen and oxygen atoms in total. The van der Waals surface area contributed by atoms with Gasteiger partial charge in [0.25, 0.3) is 0 Å². The largest absolute Gasteiger partial charge is 0.481 e. The minimum atomic E-state index is -0.589. The van der Waals surface area contributed by atoms with Gasteiger partial charge in [0, 0.05) is 19.1 Å². The summed E-state index contributed by atoms with van der Waals surface area (Å²) < 4.78 is 0. The SMILES string of the molecule is CC1(C(=O)O)CCCCC1N1CC2(CC2)C1. The first-order chi connectivity index (χ1) is 7.56. The third-order valence-corrected chi connectivity index (χ3v) is 5.12. The summed E-state index contributed by atoms with van der Waals surface area (Å²) in [5.41, 5.74) is 0.144. The monoisotopic (exact) mass is 223 g/mol. The van der Waals surface area contributed by atoms with Crippen LogP contribution in [-0.4, -0.2) is 35.1 Å². The molecule has 1 N–H and O–H groups in total. The van der Waals surface area contributed by atoms with Crippen LogP contribution in [0.15, 0.2) is 0 Å². The molecule has 0 aromatic rings. The van der Waals surface area contributed by atoms with Crippen LogP contribution < -0.4 is 0 Å². The lowest BCUT2D eigenvalue weighted by molar-refractivity contribution is -0.158. The summed E-state index contributed by atoms with van der Waals surface area (Å²) in [6.45, 7) is 4.29. The highest BCUT2D eigenvalue weighted by atomic mass is 16.4. The molecule has 2 atom stereocenters. The van der Waals surface area contributed by atoms with Crippen LogP contribution >= 0.6 is 0 Å². The zero-order valence-electron chi connectivity index (χ0n) is 10.0. The van der Waals surface area contributed by atoms with Gasteiger partial charge in [0.15, 0.2) is 0 Å². The van der Waals surface area contributed by atoms with Crippen molar-refractivity contribution >= 4 is 5.97 Å². The molecule has 0 amide bonds. The molecule has 3 rings (SSSR count). The molecule has 3 heteroatoms. The molecule has 2 unspecified atom stereocenters. The maximum Gasteiger partial charge on any atom is 0.310 e. The summed E-state index contributed by atoms with van der Waals surface area (Å²) >= 11 is 0. The van der Waals surface area contributed by atoms with Crippen molar-refractivity contribution < 1.29 is 9.90 Å². The Morgan fingerprint density at radius 2 is 1.94 bits per heavy atom. The van der Waals surface area contributed by atoms with Crippen LogP contribution in [0.2, 0.25) is 0 Å². The van der Waals surface area contributed by atoms with Gasteiger partial charge in [-0.25, -0.2) is 0 Å². The van der Waals surface area contributed by atoms with Gasteiger partial charge < -0.3 is 5.11 Å². The molecule has 0 aromatic carbocycles. The van der Waals surface area contributed by atoms with Crippen LogP contribution in [0.5, 0.6) is 0 Å². The Labute approximate surface area is 96.8 Å². The molecular weight excluding hydrogens is 202 g/mol. The van der Waals surface area contributed by atoms with Gasteiger partial charge in [0.2, 0.25) is 0 Å². The molecule has 1 heterocycles. The molecule has 16 heavy (non-hydrogen) atoms. The van der Waals surface area contributed by atoms with E-state index in [0.717, 1.165) is 19.3 Å². The van der Waals surface area contributed by atoms with Crippen LogP contribution in [0, 0.1) is 10.8 Å². The smallest absolute Gasteiger partial charge is 0.310 e. The molecule has 0 radical (unpaired) electrons. The summed E-state index contributed by atoms with van der Waals surface area (Å²) in [5.74, 6) is -0.589. The molecule has 0 aromatic heterocycles. The Morgan fingerprint density at radius 3 is 2.50 bits per heavy atom. The summed E-state index contributed by atoms with van der Waals surface area (Å²) in [5, 5.41) is 9.46. The van der Waals surface area contributed by atoms with Gasteiger partial charge in [-0.2, -0.15) is 0 Å². The number of nitrogens with zero attached hydrogens (tertiary/aromatic N) is 1. The maximum absolute atomic E-state index is 11.5. The number of carboxylic acid groups (broad SMARTS) is 1. The fraction of sp³-hybridized carbons (Fsp3) is 0.923. The number of rotatable bonds is 2. The molecule has 1 aliphatic heterocycles. The first kappa shape index (κ1) is 10.6. The Kier molecular flexibility index (Phi) is 2.13. The molecule has 90 valence electrons. The van der Waals surface area contributed by atoms with Crippen molar-refractivity contribution in [3.05, 3.63) is 0 Å². The highest BCUT2D eigenvalue weighted by molar-refractivity contribution is 5.75. The van der Waals surface area contributed by atoms with E-state index in [1.165, 1.54) is 32.4 Å². The van der Waals surface area contributed by atoms with Gasteiger partial charge >= 0.3 is 5.97 Å². The predicted octanol–water partition coefficient (Wildman–Crippen LogP) is 2.12. The van der Waals surface area contributed by atoms with E-state index in [-0.39, 0.29) is 0 Å². The van der Waals surface area contributed by atoms with Gasteiger partial charge in [-0.05, 0) is 38.0 Å². The molecule has 2 aliphatic carbocycles. The van der Waals surface area contributed by atoms with Crippen LogP contribution in [0.4, 0.5) is 0 Å². The van der Waals surface area contributed by atoms with Gasteiger partial charge in [-0.1, -0.05) is 12.8 Å². The molecule has 0 bridgehead atoms. The van der Waals surface area contributed by atoms with E-state index in [1.807, 2.05) is 6.92 Å². The van der Waals surface area contributed by atoms with Crippen molar-refractivity contribution in [1.29, 1.82) is 0 Å². The molecule has 1 saturated heterocycles. The van der Waals surface area contributed by atoms with Crippen LogP contribution in [0.25, 0.3) is 0 Å². The van der Waals surface area contributed by atoms with E-state index in [2.05, 4.69) is 4.90 Å². The topological polar surface area (TPSA) is 40.5 Å². The average Bonchev–Trinajstić information content (AvgIpc) is 2.96. The summed E-state index contributed by atoms with van der Waals surface area (Å²) in [6.07, 6.45) is 6.98. The zero-order valence-corrected chi connectivity index (χ0v) is 10.0. The molecule has 3 fully saturated rings. The van der Waals surface area contributed by atoms with E-state index in [9.17, 15) is 9.90 Å². The fourth-order valence-corrected chi connectivity index (χ4v) is 3.68. The van der Waals surface area contributed by atoms with Crippen LogP contribution in [0.3, 0.4) is 0 Å². The van der Waals surface area contributed by atoms with Crippen molar-refractivity contribution in [2.24, 2.45) is 10.8 Å². The molecule has 3 aliphatic rings. The lowest BCUT2D eigenvalue weighted by Gasteiger charge is -2.52. The van der Waals surface area contributed by atoms with Crippen molar-refractivity contribution in [2.45, 2.75) is 51.5 Å². The Bertz CT molecular complexity index is 316. The lowest BCUT2D eigenvalue weighted by Crippen LogP contribution is -2.61. The summed E-state index contributed by atoms with van der Waals surface area (Å²) in [6, 6.07) is 0.296. The Morgan fingerprint density at radius 1 is 1.25 bits per heavy atom. The first-order valence-corrected chi connectivity index (χ1v) is 6.53. The van der Waals surface area contributed by atoms with Crippen LogP contribution in [0.1, 0.15) is 45.4 Å². The number of aliphatic carboxylic acids is 1. The average molecular weight is 223 g/mol. The van der Waals surface area contributed by atoms with Crippen molar-refractivity contribution in [2.75, 3.05) is 13.1 Å². The zero-order chi connectivity index (χ0) is 11.4. The third-order valence-electron chi connectivity index (χ3n) is 5.12. The Hall–Kier alpha value is -0.570. The highest BCUT2D eigenvalue weighted by Crippen LogP contribution is 2.55. The van der Waals surface area contributed by atoms with E-state index < -0.39 is 11.4 Å². The normalized spacial score (nSPS) is 41.7. The fourth-order valence-electron chi connectivity index (χ4n) is 3.68. The van der Waals surface area contributed by atoms with Crippen molar-refractivity contribution in [1.82, 2.24) is 4.90 Å². The van der Waals surface area contributed by atoms with Crippen molar-refractivity contribution in [3.63, 3.8) is 0 Å². The van der Waals surface area contributed by atoms with E-state index in [0.29, 0.717) is 11.5 Å². The number of hydrogen-bond acceptors (Lipinski definition) is 2. The van der Waals surface area contributed by atoms with Gasteiger partial charge in [-0.3, -0.25) is 9.69 Å². The first-order valence-electron chi connectivity index (χ1n) is 6.53. The van der Waals surface area contributed by atoms with Crippen molar-refractivity contribution in [3.8, 4) is 0 Å². The van der Waals surface area contributed by atoms with Crippen LogP contribution in [-0.2, 0) is 4.79 Å². The van der Waals surface area contributed by atoms with E-state index >= 15 is 0 Å². The summed E-state index contributed by atoms with van der Waals surface area (Å²) in [4.78, 5) is 13.9. The Balaban J connectivity index is 1.73. The van der Waals surface area contributed by atoms with E-state index in [1.54, 1.807) is 0 Å². The van der Waals surface area contributed by atoms with Gasteiger partial charge in [0.1, 0.15) is 0 Å². The second-order valence-corrected chi connectivity index (χ2v) is 6.39. The summed E-state index contributed by atoms with van der Waals surface area (Å²) in [7, 11) is 0. The molecule has 2 saturated carbocycles. The number of carbonyl (C=O) groups is 1. The number of hydrogen-bond donors (Lipinski definition) is 1. The number of carboxylic acids is 1. The molecular formula is C13H21NO2. The lowest BCUT2D eigenvalue weighted by atomic mass is 9.69. The minimum absolute atomic E-state index is 0.296. The quantitative estimate of drug-likeness (QED) is 0.779. The van der Waals surface area contributed by atoms with Gasteiger partial charge in [0.05, 0.1) is 5.41 Å². The van der Waals surface area contributed by atoms with E-state index in [4.69, 9.17) is 0 Å². The third kappa shape index (κ3) is 1.41. The minimum Gasteiger partial charge on any atom is -0.481 e. The standard InChI is InChI=1S/C13H21NO2/c1-12(11(15)16)5-3-2-4-10(12)14-8-13(9-14)6-7-13/h10H,2-9H2,1H3,(H,15,16). The highest BCUT2D eigenvalue weighted by Gasteiger charge is 2.57. The van der Waals surface area contributed by atoms with Gasteiger partial charge in [-0.15, -0.1) is 0 Å². The second-order valence-electron chi connectivity index (χ2n) is 6.39. The second kappa shape index (κ2) is 3.22.